The Morgan fingerprint density at radius 2 is 2.07 bits per heavy atom. The molecular weight excluding hydrogens is 378 g/mol. The highest BCUT2D eigenvalue weighted by atomic mass is 16.6. The highest BCUT2D eigenvalue weighted by Gasteiger charge is 2.44. The average Bonchev–Trinajstić information content (AvgIpc) is 3.25. The predicted molar refractivity (Wildman–Crippen MR) is 88.4 cm³/mol. The van der Waals surface area contributed by atoms with Crippen molar-refractivity contribution in [1.82, 2.24) is 25.2 Å². The number of carbonyl (C=O) groups excluding carboxylic acids is 2. The number of nitrogens with zero attached hydrogens (tertiary/aromatic N) is 4. The Balaban J connectivity index is 1.62. The summed E-state index contributed by atoms with van der Waals surface area (Å²) in [6, 6.07) is 0. The number of hydrogen-bond acceptors (Lipinski definition) is 10. The minimum Gasteiger partial charge on any atom is -0.442 e. The van der Waals surface area contributed by atoms with Crippen LogP contribution in [0.15, 0.2) is 6.20 Å². The molecule has 28 heavy (non-hydrogen) atoms. The number of ether oxygens (including phenoxy) is 2. The zero-order valence-electron chi connectivity index (χ0n) is 15.1. The zero-order valence-corrected chi connectivity index (χ0v) is 15.1. The van der Waals surface area contributed by atoms with Crippen molar-refractivity contribution in [3.63, 3.8) is 0 Å². The Hall–Kier alpha value is -2.32. The van der Waals surface area contributed by atoms with Crippen LogP contribution >= 0.6 is 0 Å². The number of carbonyl (C=O) groups is 2. The van der Waals surface area contributed by atoms with Gasteiger partial charge in [0, 0.05) is 6.92 Å². The molecule has 5 N–H and O–H groups in total. The van der Waals surface area contributed by atoms with Crippen molar-refractivity contribution >= 4 is 12.0 Å². The molecule has 0 bridgehead atoms. The predicted octanol–water partition coefficient (Wildman–Crippen LogP) is -3.29. The van der Waals surface area contributed by atoms with Crippen molar-refractivity contribution in [3.8, 4) is 0 Å². The van der Waals surface area contributed by atoms with Gasteiger partial charge >= 0.3 is 6.09 Å². The van der Waals surface area contributed by atoms with Crippen LogP contribution in [-0.2, 0) is 20.8 Å². The molecule has 1 aromatic heterocycles. The van der Waals surface area contributed by atoms with Crippen LogP contribution in [0, 0.1) is 0 Å². The lowest BCUT2D eigenvalue weighted by Gasteiger charge is -2.39. The maximum absolute atomic E-state index is 11.9. The number of rotatable bonds is 6. The molecule has 13 nitrogen and oxygen atoms in total. The van der Waals surface area contributed by atoms with Gasteiger partial charge in [-0.1, -0.05) is 5.21 Å². The molecule has 2 aliphatic heterocycles. The summed E-state index contributed by atoms with van der Waals surface area (Å²) in [5.41, 5.74) is 0.370. The molecule has 6 atom stereocenters. The number of hydrogen-bond donors (Lipinski definition) is 5. The van der Waals surface area contributed by atoms with Gasteiger partial charge in [0.2, 0.25) is 5.91 Å². The first kappa shape index (κ1) is 20.4. The third-order valence-electron chi connectivity index (χ3n) is 4.57. The lowest BCUT2D eigenvalue weighted by atomic mass is 9.98. The molecule has 13 heteroatoms. The molecule has 2 saturated heterocycles. The molecule has 3 heterocycles. The average molecular weight is 401 g/mol. The third-order valence-corrected chi connectivity index (χ3v) is 4.57. The van der Waals surface area contributed by atoms with Crippen LogP contribution in [0.4, 0.5) is 4.79 Å². The molecule has 2 aliphatic rings. The van der Waals surface area contributed by atoms with Gasteiger partial charge in [-0.15, -0.1) is 5.10 Å². The number of cyclic esters (lactones) is 1. The Bertz CT molecular complexity index is 712. The van der Waals surface area contributed by atoms with Gasteiger partial charge in [0.15, 0.2) is 6.23 Å². The minimum absolute atomic E-state index is 0.0762. The van der Waals surface area contributed by atoms with E-state index in [2.05, 4.69) is 15.6 Å². The van der Waals surface area contributed by atoms with Gasteiger partial charge in [-0.3, -0.25) is 9.69 Å². The van der Waals surface area contributed by atoms with Crippen LogP contribution in [0.2, 0.25) is 0 Å². The van der Waals surface area contributed by atoms with E-state index in [4.69, 9.17) is 9.47 Å². The van der Waals surface area contributed by atoms with Crippen LogP contribution in [0.3, 0.4) is 0 Å². The minimum atomic E-state index is -1.54. The van der Waals surface area contributed by atoms with Crippen molar-refractivity contribution < 1.29 is 39.5 Å². The maximum Gasteiger partial charge on any atom is 0.410 e. The molecule has 3 rings (SSSR count). The smallest absolute Gasteiger partial charge is 0.410 e. The van der Waals surface area contributed by atoms with E-state index in [-0.39, 0.29) is 25.5 Å². The Labute approximate surface area is 159 Å². The third kappa shape index (κ3) is 4.23. The molecule has 0 radical (unpaired) electrons. The summed E-state index contributed by atoms with van der Waals surface area (Å²) in [6.45, 7) is 1.35. The molecule has 0 spiro atoms. The first-order chi connectivity index (χ1) is 13.3. The summed E-state index contributed by atoms with van der Waals surface area (Å²) in [7, 11) is 0. The molecule has 156 valence electrons. The number of amides is 2. The molecule has 1 unspecified atom stereocenters. The molecule has 0 aromatic carbocycles. The van der Waals surface area contributed by atoms with E-state index in [0.29, 0.717) is 5.69 Å². The van der Waals surface area contributed by atoms with Gasteiger partial charge < -0.3 is 35.2 Å². The second-order valence-corrected chi connectivity index (χ2v) is 6.73. The van der Waals surface area contributed by atoms with E-state index in [9.17, 15) is 30.0 Å². The number of aliphatic hydroxyl groups is 4. The fourth-order valence-electron chi connectivity index (χ4n) is 3.07. The molecule has 0 saturated carbocycles. The summed E-state index contributed by atoms with van der Waals surface area (Å²) in [4.78, 5) is 24.3. The van der Waals surface area contributed by atoms with Crippen LogP contribution < -0.4 is 5.32 Å². The maximum atomic E-state index is 11.9. The fourth-order valence-corrected chi connectivity index (χ4v) is 3.07. The normalized spacial score (nSPS) is 33.0. The summed E-state index contributed by atoms with van der Waals surface area (Å²) < 4.78 is 11.7. The van der Waals surface area contributed by atoms with E-state index in [1.165, 1.54) is 18.0 Å². The van der Waals surface area contributed by atoms with Gasteiger partial charge in [-0.2, -0.15) is 0 Å². The number of aliphatic hydroxyl groups excluding tert-OH is 4. The summed E-state index contributed by atoms with van der Waals surface area (Å²) in [5, 5.41) is 49.4. The zero-order chi connectivity index (χ0) is 20.4. The van der Waals surface area contributed by atoms with Crippen molar-refractivity contribution in [1.29, 1.82) is 0 Å². The van der Waals surface area contributed by atoms with Crippen LogP contribution in [-0.4, -0.2) is 103 Å². The Kier molecular flexibility index (Phi) is 6.10. The van der Waals surface area contributed by atoms with Crippen molar-refractivity contribution in [2.45, 2.75) is 50.2 Å². The van der Waals surface area contributed by atoms with Gasteiger partial charge in [0.1, 0.15) is 36.2 Å². The molecule has 2 fully saturated rings. The van der Waals surface area contributed by atoms with Crippen LogP contribution in [0.5, 0.6) is 0 Å². The highest BCUT2D eigenvalue weighted by molar-refractivity contribution is 5.73. The first-order valence-electron chi connectivity index (χ1n) is 8.71. The second-order valence-electron chi connectivity index (χ2n) is 6.73. The highest BCUT2D eigenvalue weighted by Crippen LogP contribution is 2.28. The van der Waals surface area contributed by atoms with Crippen molar-refractivity contribution in [2.24, 2.45) is 0 Å². The lowest BCUT2D eigenvalue weighted by molar-refractivity contribution is -0.254. The second kappa shape index (κ2) is 8.36. The van der Waals surface area contributed by atoms with Crippen LogP contribution in [0.1, 0.15) is 18.8 Å². The van der Waals surface area contributed by atoms with E-state index < -0.39 is 49.4 Å². The summed E-state index contributed by atoms with van der Waals surface area (Å²) in [6.07, 6.45) is -6.36. The Morgan fingerprint density at radius 1 is 1.32 bits per heavy atom. The standard InChI is InChI=1S/C15H23N5O8/c1-7(22)16-2-9-5-19(15(26)27-9)3-8-4-20(18-17-8)14-13(25)12(24)11(23)10(6-21)28-14/h4,9-14,21,23-25H,2-3,5-6H2,1H3,(H,16,22)/t9?,10-,11-,12+,13+,14+/m1/s1. The van der Waals surface area contributed by atoms with E-state index in [1.54, 1.807) is 0 Å². The quantitative estimate of drug-likeness (QED) is 0.324. The molecule has 0 aliphatic carbocycles. The van der Waals surface area contributed by atoms with Gasteiger partial charge in [-0.25, -0.2) is 9.48 Å². The lowest BCUT2D eigenvalue weighted by Crippen LogP contribution is -2.56. The number of nitrogens with one attached hydrogen (secondary N) is 1. The molecule has 2 amide bonds. The van der Waals surface area contributed by atoms with E-state index >= 15 is 0 Å². The fraction of sp³-hybridized carbons (Fsp3) is 0.733. The van der Waals surface area contributed by atoms with Gasteiger partial charge in [0.05, 0.1) is 32.4 Å². The van der Waals surface area contributed by atoms with Crippen LogP contribution in [0.25, 0.3) is 0 Å². The van der Waals surface area contributed by atoms with Gasteiger partial charge in [-0.05, 0) is 0 Å². The Morgan fingerprint density at radius 3 is 2.75 bits per heavy atom. The van der Waals surface area contributed by atoms with Gasteiger partial charge in [0.25, 0.3) is 0 Å². The molecule has 1 aromatic rings. The molecular formula is C15H23N5O8. The largest absolute Gasteiger partial charge is 0.442 e. The SMILES string of the molecule is CC(=O)NCC1CN(Cc2cn([C@H]3O[C@H](CO)[C@@H](O)[C@H](O)[C@@H]3O)nn2)C(=O)O1. The first-order valence-corrected chi connectivity index (χ1v) is 8.71. The van der Waals surface area contributed by atoms with Crippen molar-refractivity contribution in [2.75, 3.05) is 19.7 Å². The van der Waals surface area contributed by atoms with Crippen molar-refractivity contribution in [3.05, 3.63) is 11.9 Å². The summed E-state index contributed by atoms with van der Waals surface area (Å²) in [5.74, 6) is -0.225. The summed E-state index contributed by atoms with van der Waals surface area (Å²) >= 11 is 0. The van der Waals surface area contributed by atoms with E-state index in [0.717, 1.165) is 4.68 Å². The monoisotopic (exact) mass is 401 g/mol. The topological polar surface area (TPSA) is 179 Å². The number of aromatic nitrogens is 3. The van der Waals surface area contributed by atoms with E-state index in [1.807, 2.05) is 0 Å².